The molecule has 8 heteroatoms. The van der Waals surface area contributed by atoms with E-state index in [-0.39, 0.29) is 0 Å². The van der Waals surface area contributed by atoms with Crippen molar-refractivity contribution >= 4 is 34.4 Å². The number of nitrogens with one attached hydrogen (secondary N) is 2. The summed E-state index contributed by atoms with van der Waals surface area (Å²) >= 11 is 2.27. The number of ether oxygens (including phenoxy) is 1. The van der Waals surface area contributed by atoms with E-state index in [0.29, 0.717) is 17.7 Å². The lowest BCUT2D eigenvalue weighted by molar-refractivity contribution is -0.140. The number of terminal acetylenes is 1. The van der Waals surface area contributed by atoms with Crippen LogP contribution >= 0.6 is 22.6 Å². The van der Waals surface area contributed by atoms with Crippen LogP contribution in [0.15, 0.2) is 48.5 Å². The van der Waals surface area contributed by atoms with Gasteiger partial charge in [-0.1, -0.05) is 18.1 Å². The summed E-state index contributed by atoms with van der Waals surface area (Å²) < 4.78 is 7.05. The fourth-order valence-corrected chi connectivity index (χ4v) is 3.50. The maximum absolute atomic E-state index is 12.5. The Morgan fingerprint density at radius 1 is 1.17 bits per heavy atom. The van der Waals surface area contributed by atoms with E-state index < -0.39 is 29.6 Å². The number of rotatable bonds is 7. The van der Waals surface area contributed by atoms with Gasteiger partial charge in [0.15, 0.2) is 0 Å². The number of hydrogen-bond acceptors (Lipinski definition) is 5. The molecule has 2 aromatic carbocycles. The van der Waals surface area contributed by atoms with Crippen LogP contribution in [0.4, 0.5) is 0 Å². The first-order valence-electron chi connectivity index (χ1n) is 10.8. The molecule has 35 heavy (non-hydrogen) atoms. The van der Waals surface area contributed by atoms with Gasteiger partial charge in [-0.05, 0) is 104 Å². The van der Waals surface area contributed by atoms with E-state index >= 15 is 0 Å². The average molecular weight is 589 g/mol. The first-order chi connectivity index (χ1) is 16.5. The Balaban J connectivity index is 0.000000566. The van der Waals surface area contributed by atoms with Crippen LogP contribution in [0.3, 0.4) is 0 Å². The van der Waals surface area contributed by atoms with Crippen molar-refractivity contribution in [2.45, 2.75) is 52.0 Å². The van der Waals surface area contributed by atoms with Gasteiger partial charge in [-0.15, -0.1) is 6.42 Å². The largest absolute Gasteiger partial charge is 0.370 e. The number of amides is 2. The Labute approximate surface area is 221 Å². The molecule has 186 valence electrons. The van der Waals surface area contributed by atoms with Crippen molar-refractivity contribution in [3.63, 3.8) is 0 Å². The smallest absolute Gasteiger partial charge is 0.268 e. The van der Waals surface area contributed by atoms with Crippen molar-refractivity contribution in [2.24, 2.45) is 5.73 Å². The van der Waals surface area contributed by atoms with Crippen LogP contribution in [-0.2, 0) is 20.9 Å². The fourth-order valence-electron chi connectivity index (χ4n) is 2.89. The predicted octanol–water partition coefficient (Wildman–Crippen LogP) is 3.40. The van der Waals surface area contributed by atoms with Crippen molar-refractivity contribution in [1.82, 2.24) is 10.8 Å². The summed E-state index contributed by atoms with van der Waals surface area (Å²) in [5.74, 6) is 6.57. The first-order valence-corrected chi connectivity index (χ1v) is 11.9. The Hall–Kier alpha value is -2.89. The molecule has 0 fully saturated rings. The van der Waals surface area contributed by atoms with E-state index in [1.807, 2.05) is 32.9 Å². The summed E-state index contributed by atoms with van der Waals surface area (Å²) in [6.45, 7) is 7.95. The molecular weight excluding hydrogens is 557 g/mol. The fraction of sp³-hybridized carbons (Fsp3) is 0.333. The molecule has 7 nitrogen and oxygen atoms in total. The Kier molecular flexibility index (Phi) is 13.1. The minimum Gasteiger partial charge on any atom is -0.370 e. The molecule has 0 saturated carbocycles. The Bertz CT molecular complexity index is 1080. The molecule has 2 atom stereocenters. The van der Waals surface area contributed by atoms with E-state index in [1.54, 1.807) is 31.2 Å². The minimum atomic E-state index is -0.928. The van der Waals surface area contributed by atoms with Gasteiger partial charge in [0.2, 0.25) is 0 Å². The number of halogens is 1. The molecule has 2 amide bonds. The minimum absolute atomic E-state index is 0.384. The second-order valence-corrected chi connectivity index (χ2v) is 9.61. The topological polar surface area (TPSA) is 103 Å². The van der Waals surface area contributed by atoms with Crippen LogP contribution in [0.2, 0.25) is 0 Å². The quantitative estimate of drug-likeness (QED) is 0.261. The standard InChI is InChI=1S/C20H24N2O4.C7H8IN/c1-7-8-9-15-10-12-16(13-11-15)18(23)21-17(19(24)22-25-6)14(2)26-20(3,4)5;8-7-3-1-2-6(4-7)5-9/h1,10-14,17H,2-6H3,(H,21,23)(H,22,24);1-4H,5,9H2/t14-,17+;/m1./s1. The number of hydrogen-bond donors (Lipinski definition) is 3. The molecule has 0 saturated heterocycles. The molecule has 4 N–H and O–H groups in total. The van der Waals surface area contributed by atoms with Crippen LogP contribution in [0.25, 0.3) is 0 Å². The Morgan fingerprint density at radius 3 is 2.31 bits per heavy atom. The zero-order valence-electron chi connectivity index (χ0n) is 20.6. The van der Waals surface area contributed by atoms with Gasteiger partial charge in [-0.3, -0.25) is 14.4 Å². The first kappa shape index (κ1) is 30.1. The van der Waals surface area contributed by atoms with Crippen molar-refractivity contribution < 1.29 is 19.2 Å². The molecule has 0 radical (unpaired) electrons. The van der Waals surface area contributed by atoms with Crippen molar-refractivity contribution in [1.29, 1.82) is 0 Å². The van der Waals surface area contributed by atoms with Gasteiger partial charge in [0.05, 0.1) is 18.8 Å². The second kappa shape index (κ2) is 15.2. The van der Waals surface area contributed by atoms with E-state index in [0.717, 1.165) is 0 Å². The molecule has 0 heterocycles. The highest BCUT2D eigenvalue weighted by Gasteiger charge is 2.31. The molecule has 2 rings (SSSR count). The molecule has 0 spiro atoms. The summed E-state index contributed by atoms with van der Waals surface area (Å²) in [5.41, 5.74) is 9.44. The van der Waals surface area contributed by atoms with Gasteiger partial charge in [-0.25, -0.2) is 5.48 Å². The third kappa shape index (κ3) is 11.9. The van der Waals surface area contributed by atoms with Crippen LogP contribution in [-0.4, -0.2) is 36.7 Å². The van der Waals surface area contributed by atoms with E-state index in [9.17, 15) is 9.59 Å². The van der Waals surface area contributed by atoms with Crippen molar-refractivity contribution in [3.8, 4) is 24.2 Å². The molecular formula is C27H32IN3O4. The normalized spacial score (nSPS) is 11.9. The maximum atomic E-state index is 12.5. The molecule has 0 aliphatic rings. The summed E-state index contributed by atoms with van der Waals surface area (Å²) in [4.78, 5) is 29.4. The third-order valence-corrected chi connectivity index (χ3v) is 5.00. The number of carbonyl (C=O) groups is 2. The van der Waals surface area contributed by atoms with E-state index in [4.69, 9.17) is 16.9 Å². The van der Waals surface area contributed by atoms with Gasteiger partial charge in [0, 0.05) is 21.2 Å². The highest BCUT2D eigenvalue weighted by molar-refractivity contribution is 14.1. The number of carbonyl (C=O) groups excluding carboxylic acids is 2. The van der Waals surface area contributed by atoms with Crippen LogP contribution in [0.1, 0.15) is 49.2 Å². The van der Waals surface area contributed by atoms with Gasteiger partial charge >= 0.3 is 0 Å². The monoisotopic (exact) mass is 589 g/mol. The summed E-state index contributed by atoms with van der Waals surface area (Å²) in [6, 6.07) is 13.8. The second-order valence-electron chi connectivity index (χ2n) is 8.36. The van der Waals surface area contributed by atoms with Crippen molar-refractivity contribution in [3.05, 3.63) is 68.8 Å². The van der Waals surface area contributed by atoms with Crippen molar-refractivity contribution in [2.75, 3.05) is 7.11 Å². The summed E-state index contributed by atoms with van der Waals surface area (Å²) in [7, 11) is 1.32. The molecule has 0 aliphatic carbocycles. The molecule has 2 aromatic rings. The lowest BCUT2D eigenvalue weighted by atomic mass is 10.1. The summed E-state index contributed by atoms with van der Waals surface area (Å²) in [5, 5.41) is 2.68. The average Bonchev–Trinajstić information content (AvgIpc) is 2.80. The SMILES string of the molecule is C#CC#Cc1ccc(C(=O)N[C@H](C(=O)NOC)[C@@H](C)OC(C)(C)C)cc1.NCc1cccc(I)c1. The zero-order chi connectivity index (χ0) is 26.4. The van der Waals surface area contributed by atoms with Crippen LogP contribution in [0, 0.1) is 27.8 Å². The van der Waals surface area contributed by atoms with E-state index in [2.05, 4.69) is 68.1 Å². The number of benzene rings is 2. The zero-order valence-corrected chi connectivity index (χ0v) is 22.8. The van der Waals surface area contributed by atoms with E-state index in [1.165, 1.54) is 16.2 Å². The van der Waals surface area contributed by atoms with Gasteiger partial charge in [-0.2, -0.15) is 0 Å². The molecule has 0 unspecified atom stereocenters. The Morgan fingerprint density at radius 2 is 1.83 bits per heavy atom. The van der Waals surface area contributed by atoms with Crippen LogP contribution in [0.5, 0.6) is 0 Å². The molecule has 0 bridgehead atoms. The summed E-state index contributed by atoms with van der Waals surface area (Å²) in [6.07, 6.45) is 4.51. The lowest BCUT2D eigenvalue weighted by Crippen LogP contribution is -2.54. The van der Waals surface area contributed by atoms with Gasteiger partial charge in [0.1, 0.15) is 6.04 Å². The molecule has 0 aromatic heterocycles. The maximum Gasteiger partial charge on any atom is 0.268 e. The highest BCUT2D eigenvalue weighted by Crippen LogP contribution is 2.14. The number of nitrogens with two attached hydrogens (primary N) is 1. The number of hydroxylamine groups is 1. The molecule has 0 aliphatic heterocycles. The third-order valence-electron chi connectivity index (χ3n) is 4.33. The van der Waals surface area contributed by atoms with Crippen LogP contribution < -0.4 is 16.5 Å². The van der Waals surface area contributed by atoms with Gasteiger partial charge < -0.3 is 15.8 Å². The highest BCUT2D eigenvalue weighted by atomic mass is 127. The van der Waals surface area contributed by atoms with Gasteiger partial charge in [0.25, 0.3) is 11.8 Å². The lowest BCUT2D eigenvalue weighted by Gasteiger charge is -2.30. The predicted molar refractivity (Wildman–Crippen MR) is 146 cm³/mol.